The van der Waals surface area contributed by atoms with Gasteiger partial charge in [0, 0.05) is 76.3 Å². The van der Waals surface area contributed by atoms with Gasteiger partial charge in [-0.25, -0.2) is 14.2 Å². The van der Waals surface area contributed by atoms with Gasteiger partial charge in [-0.3, -0.25) is 4.90 Å². The van der Waals surface area contributed by atoms with Crippen LogP contribution in [-0.2, 0) is 4.74 Å². The van der Waals surface area contributed by atoms with Gasteiger partial charge in [0.25, 0.3) is 0 Å². The van der Waals surface area contributed by atoms with E-state index in [4.69, 9.17) is 21.1 Å². The lowest BCUT2D eigenvalue weighted by Crippen LogP contribution is -2.43. The first-order valence-electron chi connectivity index (χ1n) is 12.8. The van der Waals surface area contributed by atoms with E-state index in [1.807, 2.05) is 6.07 Å². The number of aromatic nitrogens is 1. The van der Waals surface area contributed by atoms with E-state index in [-0.39, 0.29) is 17.3 Å². The number of hydrogen-bond acceptors (Lipinski definition) is 7. The minimum atomic E-state index is -0.515. The predicted molar refractivity (Wildman–Crippen MR) is 150 cm³/mol. The minimum Gasteiger partial charge on any atom is -0.507 e. The Balaban J connectivity index is 1.51. The number of hydrogen-bond donors (Lipinski definition) is 2. The van der Waals surface area contributed by atoms with E-state index in [0.29, 0.717) is 59.6 Å². The summed E-state index contributed by atoms with van der Waals surface area (Å²) in [4.78, 5) is 22.3. The van der Waals surface area contributed by atoms with Gasteiger partial charge in [-0.1, -0.05) is 17.7 Å². The van der Waals surface area contributed by atoms with Crippen molar-refractivity contribution in [2.45, 2.75) is 0 Å². The molecule has 0 aliphatic carbocycles. The Hall–Kier alpha value is -3.60. The summed E-state index contributed by atoms with van der Waals surface area (Å²) in [7, 11) is 3.34. The molecule has 3 heterocycles. The summed E-state index contributed by atoms with van der Waals surface area (Å²) >= 11 is 6.57. The van der Waals surface area contributed by atoms with Crippen molar-refractivity contribution < 1.29 is 23.8 Å². The van der Waals surface area contributed by atoms with Crippen LogP contribution in [0.15, 0.2) is 42.6 Å². The zero-order valence-corrected chi connectivity index (χ0v) is 22.7. The van der Waals surface area contributed by atoms with E-state index in [1.165, 1.54) is 12.1 Å². The predicted octanol–water partition coefficient (Wildman–Crippen LogP) is 4.22. The zero-order chi connectivity index (χ0) is 27.5. The highest BCUT2D eigenvalue weighted by atomic mass is 35.5. The maximum Gasteiger partial charge on any atom is 0.324 e. The second-order valence-corrected chi connectivity index (χ2v) is 9.91. The van der Waals surface area contributed by atoms with Crippen molar-refractivity contribution in [2.75, 3.05) is 76.4 Å². The lowest BCUT2D eigenvalue weighted by atomic mass is 9.97. The topological polar surface area (TPSA) is 90.4 Å². The number of phenols is 1. The quantitative estimate of drug-likeness (QED) is 0.402. The van der Waals surface area contributed by atoms with E-state index in [0.717, 1.165) is 31.9 Å². The van der Waals surface area contributed by atoms with Crippen molar-refractivity contribution in [3.63, 3.8) is 0 Å². The van der Waals surface area contributed by atoms with Gasteiger partial charge < -0.3 is 29.7 Å². The molecule has 39 heavy (non-hydrogen) atoms. The maximum absolute atomic E-state index is 15.0. The van der Waals surface area contributed by atoms with Crippen LogP contribution in [-0.4, -0.2) is 87.7 Å². The maximum atomic E-state index is 15.0. The fraction of sp³-hybridized carbons (Fsp3) is 0.357. The molecule has 2 fully saturated rings. The third kappa shape index (κ3) is 5.59. The molecular formula is C28H31ClFN5O4. The number of anilines is 2. The molecule has 2 N–H and O–H groups in total. The molecule has 0 radical (unpaired) electrons. The molecule has 206 valence electrons. The van der Waals surface area contributed by atoms with Gasteiger partial charge >= 0.3 is 6.03 Å². The Morgan fingerprint density at radius 3 is 2.44 bits per heavy atom. The molecule has 0 atom stereocenters. The van der Waals surface area contributed by atoms with Gasteiger partial charge in [0.2, 0.25) is 5.88 Å². The average Bonchev–Trinajstić information content (AvgIpc) is 3.28. The molecule has 0 bridgehead atoms. The van der Waals surface area contributed by atoms with Crippen molar-refractivity contribution in [1.29, 1.82) is 0 Å². The SMILES string of the molecule is COCCOc1ncc(-c2cc(F)cc(-c3ccc(N4CCN(C)C4=O)c(Cl)c3)c2O)cc1N1CCNCC1. The zero-order valence-electron chi connectivity index (χ0n) is 21.9. The molecule has 2 amide bonds. The van der Waals surface area contributed by atoms with Crippen molar-refractivity contribution in [3.8, 4) is 33.9 Å². The highest BCUT2D eigenvalue weighted by Crippen LogP contribution is 2.42. The third-order valence-corrected chi connectivity index (χ3v) is 7.27. The van der Waals surface area contributed by atoms with Crippen LogP contribution in [0.2, 0.25) is 5.02 Å². The number of amides is 2. The van der Waals surface area contributed by atoms with Gasteiger partial charge in [-0.15, -0.1) is 0 Å². The lowest BCUT2D eigenvalue weighted by Gasteiger charge is -2.30. The molecule has 2 aliphatic heterocycles. The molecule has 0 spiro atoms. The number of piperazine rings is 1. The van der Waals surface area contributed by atoms with Gasteiger partial charge in [-0.2, -0.15) is 0 Å². The Morgan fingerprint density at radius 1 is 1.03 bits per heavy atom. The number of nitrogens with zero attached hydrogens (tertiary/aromatic N) is 4. The van der Waals surface area contributed by atoms with E-state index >= 15 is 0 Å². The van der Waals surface area contributed by atoms with Crippen LogP contribution in [0.1, 0.15) is 0 Å². The molecule has 3 aromatic rings. The van der Waals surface area contributed by atoms with Crippen LogP contribution < -0.4 is 19.9 Å². The average molecular weight is 556 g/mol. The number of urea groups is 1. The minimum absolute atomic E-state index is 0.0988. The summed E-state index contributed by atoms with van der Waals surface area (Å²) in [6, 6.07) is 9.37. The number of nitrogens with one attached hydrogen (secondary N) is 1. The van der Waals surface area contributed by atoms with Gasteiger partial charge in [0.05, 0.1) is 17.3 Å². The summed E-state index contributed by atoms with van der Waals surface area (Å²) in [6.07, 6.45) is 1.57. The van der Waals surface area contributed by atoms with Crippen LogP contribution in [0.25, 0.3) is 22.3 Å². The van der Waals surface area contributed by atoms with Crippen LogP contribution in [0, 0.1) is 5.82 Å². The number of carbonyl (C=O) groups is 1. The fourth-order valence-corrected chi connectivity index (χ4v) is 5.14. The molecule has 0 unspecified atom stereocenters. The first-order chi connectivity index (χ1) is 18.9. The molecule has 2 saturated heterocycles. The second-order valence-electron chi connectivity index (χ2n) is 9.50. The van der Waals surface area contributed by atoms with Crippen molar-refractivity contribution >= 4 is 29.0 Å². The Labute approximate surface area is 231 Å². The summed E-state index contributed by atoms with van der Waals surface area (Å²) in [5, 5.41) is 15.0. The summed E-state index contributed by atoms with van der Waals surface area (Å²) in [5.74, 6) is -0.157. The lowest BCUT2D eigenvalue weighted by molar-refractivity contribution is 0.144. The molecule has 0 saturated carbocycles. The van der Waals surface area contributed by atoms with Gasteiger partial charge in [0.15, 0.2) is 0 Å². The van der Waals surface area contributed by atoms with Crippen molar-refractivity contribution in [3.05, 3.63) is 53.4 Å². The largest absolute Gasteiger partial charge is 0.507 e. The standard InChI is InChI=1S/C28H31ClFN5O4/c1-33-9-10-35(28(33)37)24-4-3-18(13-23(24)29)21-15-20(30)16-22(26(21)36)19-14-25(34-7-5-31-6-8-34)27(32-17-19)39-12-11-38-2/h3-4,13-17,31,36H,5-12H2,1-2H3. The van der Waals surface area contributed by atoms with Crippen LogP contribution >= 0.6 is 11.6 Å². The number of ether oxygens (including phenoxy) is 2. The first kappa shape index (κ1) is 27.0. The third-order valence-electron chi connectivity index (χ3n) is 6.97. The number of benzene rings is 2. The highest BCUT2D eigenvalue weighted by Gasteiger charge is 2.28. The Kier molecular flexibility index (Phi) is 8.06. The number of methoxy groups -OCH3 is 1. The molecule has 11 heteroatoms. The second kappa shape index (κ2) is 11.6. The summed E-state index contributed by atoms with van der Waals surface area (Å²) < 4.78 is 25.9. The number of rotatable bonds is 8. The number of pyridine rings is 1. The fourth-order valence-electron chi connectivity index (χ4n) is 4.86. The molecule has 2 aliphatic rings. The molecule has 1 aromatic heterocycles. The molecule has 9 nitrogen and oxygen atoms in total. The summed E-state index contributed by atoms with van der Waals surface area (Å²) in [5.41, 5.74) is 3.00. The van der Waals surface area contributed by atoms with Gasteiger partial charge in [-0.05, 0) is 35.9 Å². The molecule has 5 rings (SSSR count). The van der Waals surface area contributed by atoms with Crippen LogP contribution in [0.5, 0.6) is 11.6 Å². The normalized spacial score (nSPS) is 15.8. The van der Waals surface area contributed by atoms with Crippen LogP contribution in [0.4, 0.5) is 20.6 Å². The van der Waals surface area contributed by atoms with Crippen LogP contribution in [0.3, 0.4) is 0 Å². The van der Waals surface area contributed by atoms with Crippen molar-refractivity contribution in [1.82, 2.24) is 15.2 Å². The van der Waals surface area contributed by atoms with Gasteiger partial charge in [0.1, 0.15) is 23.9 Å². The monoisotopic (exact) mass is 555 g/mol. The van der Waals surface area contributed by atoms with Crippen molar-refractivity contribution in [2.24, 2.45) is 0 Å². The number of halogens is 2. The van der Waals surface area contributed by atoms with E-state index in [1.54, 1.807) is 48.4 Å². The van der Waals surface area contributed by atoms with E-state index in [2.05, 4.69) is 15.2 Å². The summed E-state index contributed by atoms with van der Waals surface area (Å²) in [6.45, 7) is 5.03. The first-order valence-corrected chi connectivity index (χ1v) is 13.2. The Bertz CT molecular complexity index is 1370. The number of carbonyl (C=O) groups excluding carboxylic acids is 1. The molecule has 2 aromatic carbocycles. The van der Waals surface area contributed by atoms with E-state index in [9.17, 15) is 14.3 Å². The Morgan fingerprint density at radius 2 is 1.77 bits per heavy atom. The van der Waals surface area contributed by atoms with E-state index < -0.39 is 5.82 Å². The number of phenolic OH excluding ortho intramolecular Hbond substituents is 1. The molecular weight excluding hydrogens is 525 g/mol. The number of aromatic hydroxyl groups is 1. The smallest absolute Gasteiger partial charge is 0.324 e. The number of likely N-dealkylation sites (N-methyl/N-ethyl adjacent to an activating group) is 1. The highest BCUT2D eigenvalue weighted by molar-refractivity contribution is 6.34.